The molecule has 0 amide bonds. The fraction of sp³-hybridized carbons (Fsp3) is 0.350. The van der Waals surface area contributed by atoms with E-state index in [0.29, 0.717) is 11.6 Å². The van der Waals surface area contributed by atoms with Crippen molar-refractivity contribution in [1.82, 2.24) is 0 Å². The summed E-state index contributed by atoms with van der Waals surface area (Å²) in [6, 6.07) is 9.60. The number of allylic oxidation sites excluding steroid dienone is 4. The van der Waals surface area contributed by atoms with Crippen LogP contribution in [0.5, 0.6) is 0 Å². The molecule has 0 atom stereocenters. The lowest BCUT2D eigenvalue weighted by Gasteiger charge is -2.19. The molecule has 4 heteroatoms. The highest BCUT2D eigenvalue weighted by molar-refractivity contribution is 6.22. The van der Waals surface area contributed by atoms with Crippen LogP contribution >= 0.6 is 0 Å². The Morgan fingerprint density at radius 2 is 1.50 bits per heavy atom. The van der Waals surface area contributed by atoms with Gasteiger partial charge >= 0.3 is 0 Å². The molecule has 0 fully saturated rings. The molecular formula is C20H24N2O2. The van der Waals surface area contributed by atoms with Crippen LogP contribution in [0.4, 0.5) is 0 Å². The molecule has 4 nitrogen and oxygen atoms in total. The van der Waals surface area contributed by atoms with Gasteiger partial charge in [0, 0.05) is 16.7 Å². The fourth-order valence-corrected chi connectivity index (χ4v) is 2.47. The molecule has 1 aromatic carbocycles. The average Bonchev–Trinajstić information content (AvgIpc) is 2.57. The van der Waals surface area contributed by atoms with Crippen molar-refractivity contribution in [2.75, 3.05) is 7.11 Å². The van der Waals surface area contributed by atoms with Crippen LogP contribution in [0.2, 0.25) is 0 Å². The number of carbonyl (C=O) groups excluding carboxylic acids is 1. The molecule has 0 heterocycles. The summed E-state index contributed by atoms with van der Waals surface area (Å²) in [4.78, 5) is 12.5. The topological polar surface area (TPSA) is 51.0 Å². The summed E-state index contributed by atoms with van der Waals surface area (Å²) in [7, 11) is 1.57. The fourth-order valence-electron chi connectivity index (χ4n) is 2.47. The van der Waals surface area contributed by atoms with E-state index in [1.165, 1.54) is 0 Å². The number of nitrogens with zero attached hydrogens (tertiary/aromatic N) is 2. The maximum atomic E-state index is 12.5. The zero-order valence-electron chi connectivity index (χ0n) is 14.9. The molecule has 0 radical (unpaired) electrons. The van der Waals surface area contributed by atoms with Crippen LogP contribution in [0.25, 0.3) is 0 Å². The van der Waals surface area contributed by atoms with E-state index in [0.717, 1.165) is 16.7 Å². The molecule has 0 saturated heterocycles. The Hall–Kier alpha value is -2.49. The van der Waals surface area contributed by atoms with Gasteiger partial charge in [0.25, 0.3) is 0 Å². The van der Waals surface area contributed by atoms with Crippen molar-refractivity contribution < 1.29 is 9.53 Å². The molecule has 0 N–H and O–H groups in total. The maximum Gasteiger partial charge on any atom is 0.240 e. The molecular weight excluding hydrogens is 300 g/mol. The van der Waals surface area contributed by atoms with Gasteiger partial charge in [0.05, 0.1) is 12.8 Å². The second-order valence-corrected chi connectivity index (χ2v) is 6.34. The highest BCUT2D eigenvalue weighted by atomic mass is 16.5. The average molecular weight is 324 g/mol. The third-order valence-electron chi connectivity index (χ3n) is 3.85. The summed E-state index contributed by atoms with van der Waals surface area (Å²) < 4.78 is 5.33. The monoisotopic (exact) mass is 324 g/mol. The van der Waals surface area contributed by atoms with Gasteiger partial charge in [-0.1, -0.05) is 45.9 Å². The Balaban J connectivity index is 2.42. The standard InChI is InChI=1S/C20H24N2O2/c1-13(2)17-11-16(12-18(14(3)4)19(17)23)21-22-20(24-5)15-9-7-6-8-10-15/h6-14H,1-5H3/b22-20+. The lowest BCUT2D eigenvalue weighted by molar-refractivity contribution is -0.113. The van der Waals surface area contributed by atoms with Crippen LogP contribution in [0.1, 0.15) is 33.3 Å². The van der Waals surface area contributed by atoms with E-state index in [-0.39, 0.29) is 17.6 Å². The number of benzene rings is 1. The number of hydrogen-bond donors (Lipinski definition) is 0. The molecule has 0 aliphatic heterocycles. The molecule has 0 aromatic heterocycles. The molecule has 126 valence electrons. The normalized spacial score (nSPS) is 15.5. The molecule has 0 unspecified atom stereocenters. The van der Waals surface area contributed by atoms with Gasteiger partial charge in [0.2, 0.25) is 5.90 Å². The molecule has 1 aliphatic rings. The van der Waals surface area contributed by atoms with E-state index >= 15 is 0 Å². The number of rotatable bonds is 4. The van der Waals surface area contributed by atoms with Crippen molar-refractivity contribution in [2.24, 2.45) is 22.0 Å². The molecule has 0 spiro atoms. The quantitative estimate of drug-likeness (QED) is 0.361. The second kappa shape index (κ2) is 7.86. The first-order valence-electron chi connectivity index (χ1n) is 8.17. The number of Topliss-reactive ketones (excluding diaryl/α,β-unsaturated/α-hetero) is 1. The van der Waals surface area contributed by atoms with Gasteiger partial charge in [-0.25, -0.2) is 0 Å². The minimum Gasteiger partial charge on any atom is -0.479 e. The van der Waals surface area contributed by atoms with Crippen molar-refractivity contribution in [1.29, 1.82) is 0 Å². The van der Waals surface area contributed by atoms with Gasteiger partial charge in [-0.05, 0) is 36.1 Å². The number of carbonyl (C=O) groups is 1. The molecule has 0 saturated carbocycles. The van der Waals surface area contributed by atoms with E-state index in [2.05, 4.69) is 10.2 Å². The van der Waals surface area contributed by atoms with E-state index in [9.17, 15) is 4.79 Å². The van der Waals surface area contributed by atoms with Gasteiger partial charge in [-0.2, -0.15) is 0 Å². The Labute approximate surface area is 143 Å². The van der Waals surface area contributed by atoms with Gasteiger partial charge in [0.1, 0.15) is 0 Å². The first-order valence-corrected chi connectivity index (χ1v) is 8.17. The van der Waals surface area contributed by atoms with E-state index in [4.69, 9.17) is 4.74 Å². The maximum absolute atomic E-state index is 12.5. The SMILES string of the molecule is CO/C(=N/N=C1C=C(C(C)C)C(=O)C(C(C)C)=C1)c1ccccc1. The predicted molar refractivity (Wildman–Crippen MR) is 98.3 cm³/mol. The van der Waals surface area contributed by atoms with Crippen molar-refractivity contribution in [3.63, 3.8) is 0 Å². The Bertz CT molecular complexity index is 693. The predicted octanol–water partition coefficient (Wildman–Crippen LogP) is 4.18. The highest BCUT2D eigenvalue weighted by Crippen LogP contribution is 2.25. The minimum atomic E-state index is 0.109. The third kappa shape index (κ3) is 4.07. The molecule has 2 rings (SSSR count). The molecule has 1 aliphatic carbocycles. The van der Waals surface area contributed by atoms with Crippen LogP contribution < -0.4 is 0 Å². The zero-order valence-corrected chi connectivity index (χ0v) is 14.9. The summed E-state index contributed by atoms with van der Waals surface area (Å²) in [6.45, 7) is 8.05. The number of ether oxygens (including phenoxy) is 1. The number of hydrogen-bond acceptors (Lipinski definition) is 4. The molecule has 0 bridgehead atoms. The first-order chi connectivity index (χ1) is 11.4. The van der Waals surface area contributed by atoms with Crippen molar-refractivity contribution in [3.05, 3.63) is 59.2 Å². The lowest BCUT2D eigenvalue weighted by atomic mass is 9.84. The minimum absolute atomic E-state index is 0.109. The van der Waals surface area contributed by atoms with Crippen LogP contribution in [-0.4, -0.2) is 24.5 Å². The molecule has 1 aromatic rings. The summed E-state index contributed by atoms with van der Waals surface area (Å²) in [6.07, 6.45) is 3.64. The Morgan fingerprint density at radius 3 is 1.96 bits per heavy atom. The number of ketones is 1. The number of methoxy groups -OCH3 is 1. The van der Waals surface area contributed by atoms with E-state index in [1.807, 2.05) is 70.2 Å². The van der Waals surface area contributed by atoms with Gasteiger partial charge in [-0.3, -0.25) is 4.79 Å². The summed E-state index contributed by atoms with van der Waals surface area (Å²) in [5, 5.41) is 8.54. The summed E-state index contributed by atoms with van der Waals surface area (Å²) >= 11 is 0. The largest absolute Gasteiger partial charge is 0.479 e. The highest BCUT2D eigenvalue weighted by Gasteiger charge is 2.24. The Kier molecular flexibility index (Phi) is 5.85. The van der Waals surface area contributed by atoms with Crippen LogP contribution in [0.15, 0.2) is 63.8 Å². The van der Waals surface area contributed by atoms with Crippen LogP contribution in [-0.2, 0) is 9.53 Å². The second-order valence-electron chi connectivity index (χ2n) is 6.34. The Morgan fingerprint density at radius 1 is 0.958 bits per heavy atom. The summed E-state index contributed by atoms with van der Waals surface area (Å²) in [5.74, 6) is 0.840. The molecule has 24 heavy (non-hydrogen) atoms. The van der Waals surface area contributed by atoms with Crippen LogP contribution in [0.3, 0.4) is 0 Å². The third-order valence-corrected chi connectivity index (χ3v) is 3.85. The smallest absolute Gasteiger partial charge is 0.240 e. The van der Waals surface area contributed by atoms with Crippen molar-refractivity contribution in [2.45, 2.75) is 27.7 Å². The first kappa shape index (κ1) is 17.9. The van der Waals surface area contributed by atoms with Gasteiger partial charge in [0.15, 0.2) is 5.78 Å². The lowest BCUT2D eigenvalue weighted by Crippen LogP contribution is -2.20. The van der Waals surface area contributed by atoms with Crippen molar-refractivity contribution in [3.8, 4) is 0 Å². The van der Waals surface area contributed by atoms with E-state index < -0.39 is 0 Å². The van der Waals surface area contributed by atoms with Gasteiger partial charge < -0.3 is 4.74 Å². The van der Waals surface area contributed by atoms with Gasteiger partial charge in [-0.15, -0.1) is 10.2 Å². The van der Waals surface area contributed by atoms with Crippen LogP contribution in [0, 0.1) is 11.8 Å². The van der Waals surface area contributed by atoms with E-state index in [1.54, 1.807) is 7.11 Å². The summed E-state index contributed by atoms with van der Waals surface area (Å²) in [5.41, 5.74) is 3.08. The zero-order chi connectivity index (χ0) is 17.7. The van der Waals surface area contributed by atoms with Crippen molar-refractivity contribution >= 4 is 17.4 Å².